The number of rotatable bonds is 7. The summed E-state index contributed by atoms with van der Waals surface area (Å²) in [4.78, 5) is 16.2. The molecule has 0 saturated carbocycles. The summed E-state index contributed by atoms with van der Waals surface area (Å²) in [6, 6.07) is 0. The lowest BCUT2D eigenvalue weighted by molar-refractivity contribution is -0.138. The van der Waals surface area contributed by atoms with Gasteiger partial charge in [-0.2, -0.15) is 0 Å². The molecule has 0 fully saturated rings. The van der Waals surface area contributed by atoms with Gasteiger partial charge in [0.1, 0.15) is 5.82 Å². The van der Waals surface area contributed by atoms with Crippen LogP contribution in [0.4, 0.5) is 0 Å². The molecule has 4 heteroatoms. The number of ether oxygens (including phenoxy) is 1. The van der Waals surface area contributed by atoms with E-state index in [1.165, 1.54) is 0 Å². The minimum Gasteiger partial charge on any atom is -0.463 e. The van der Waals surface area contributed by atoms with Gasteiger partial charge >= 0.3 is 5.97 Å². The van der Waals surface area contributed by atoms with Gasteiger partial charge in [0.15, 0.2) is 0 Å². The molecule has 0 aromatic rings. The molecule has 1 N–H and O–H groups in total. The SMILES string of the molecule is CCNC(/N=C(\C)CC)=C(/CC)C(=O)OCC. The highest BCUT2D eigenvalue weighted by molar-refractivity contribution is 5.90. The van der Waals surface area contributed by atoms with E-state index in [-0.39, 0.29) is 5.97 Å². The summed E-state index contributed by atoms with van der Waals surface area (Å²) in [6.07, 6.45) is 1.48. The molecule has 0 saturated heterocycles. The Balaban J connectivity index is 5.22. The summed E-state index contributed by atoms with van der Waals surface area (Å²) in [5, 5.41) is 3.13. The van der Waals surface area contributed by atoms with Gasteiger partial charge in [-0.1, -0.05) is 13.8 Å². The van der Waals surface area contributed by atoms with Crippen molar-refractivity contribution in [2.45, 2.75) is 47.5 Å². The third-order valence-corrected chi connectivity index (χ3v) is 2.32. The summed E-state index contributed by atoms with van der Waals surface area (Å²) in [5.41, 5.74) is 1.61. The summed E-state index contributed by atoms with van der Waals surface area (Å²) >= 11 is 0. The lowest BCUT2D eigenvalue weighted by Crippen LogP contribution is -2.19. The van der Waals surface area contributed by atoms with Gasteiger partial charge in [-0.15, -0.1) is 0 Å². The highest BCUT2D eigenvalue weighted by Gasteiger charge is 2.14. The fourth-order valence-corrected chi connectivity index (χ4v) is 1.28. The first-order valence-electron chi connectivity index (χ1n) is 6.28. The molecule has 0 aliphatic heterocycles. The van der Waals surface area contributed by atoms with Gasteiger partial charge in [0.25, 0.3) is 0 Å². The van der Waals surface area contributed by atoms with Crippen LogP contribution in [0, 0.1) is 0 Å². The van der Waals surface area contributed by atoms with Crippen LogP contribution in [0.2, 0.25) is 0 Å². The molecule has 0 aromatic carbocycles. The topological polar surface area (TPSA) is 50.7 Å². The van der Waals surface area contributed by atoms with E-state index in [0.717, 1.165) is 18.7 Å². The van der Waals surface area contributed by atoms with Crippen LogP contribution in [0.25, 0.3) is 0 Å². The predicted molar refractivity (Wildman–Crippen MR) is 71.0 cm³/mol. The number of carbonyl (C=O) groups excluding carboxylic acids is 1. The first kappa shape index (κ1) is 15.7. The zero-order chi connectivity index (χ0) is 13.3. The molecule has 0 aliphatic carbocycles. The Bertz CT molecular complexity index is 307. The average molecular weight is 240 g/mol. The maximum absolute atomic E-state index is 11.8. The van der Waals surface area contributed by atoms with E-state index in [1.807, 2.05) is 27.7 Å². The zero-order valence-corrected chi connectivity index (χ0v) is 11.6. The monoisotopic (exact) mass is 240 g/mol. The van der Waals surface area contributed by atoms with Crippen molar-refractivity contribution in [2.24, 2.45) is 4.99 Å². The van der Waals surface area contributed by atoms with E-state index in [0.29, 0.717) is 24.4 Å². The molecule has 0 atom stereocenters. The summed E-state index contributed by atoms with van der Waals surface area (Å²) < 4.78 is 5.03. The van der Waals surface area contributed by atoms with Gasteiger partial charge in [0.2, 0.25) is 0 Å². The first-order chi connectivity index (χ1) is 8.10. The van der Waals surface area contributed by atoms with E-state index >= 15 is 0 Å². The Kier molecular flexibility index (Phi) is 8.11. The van der Waals surface area contributed by atoms with E-state index in [9.17, 15) is 4.79 Å². The highest BCUT2D eigenvalue weighted by atomic mass is 16.5. The van der Waals surface area contributed by atoms with Crippen LogP contribution in [0.5, 0.6) is 0 Å². The number of carbonyl (C=O) groups is 1. The summed E-state index contributed by atoms with van der Waals surface area (Å²) in [5.74, 6) is 0.367. The lowest BCUT2D eigenvalue weighted by atomic mass is 10.2. The quantitative estimate of drug-likeness (QED) is 0.423. The van der Waals surface area contributed by atoms with Gasteiger partial charge in [0, 0.05) is 12.3 Å². The van der Waals surface area contributed by atoms with Crippen LogP contribution >= 0.6 is 0 Å². The summed E-state index contributed by atoms with van der Waals surface area (Å²) in [6.45, 7) is 10.8. The van der Waals surface area contributed by atoms with Crippen molar-refractivity contribution in [1.82, 2.24) is 5.32 Å². The van der Waals surface area contributed by atoms with Crippen LogP contribution in [0.15, 0.2) is 16.4 Å². The molecule has 0 radical (unpaired) electrons. The van der Waals surface area contributed by atoms with Crippen molar-refractivity contribution in [1.29, 1.82) is 0 Å². The summed E-state index contributed by atoms with van der Waals surface area (Å²) in [7, 11) is 0. The molecule has 98 valence electrons. The molecule has 0 spiro atoms. The Hall–Kier alpha value is -1.32. The number of hydrogen-bond acceptors (Lipinski definition) is 4. The minimum atomic E-state index is -0.279. The molecular formula is C13H24N2O2. The normalized spacial score (nSPS) is 13.1. The Labute approximate surface area is 104 Å². The molecule has 0 rings (SSSR count). The Morgan fingerprint density at radius 1 is 1.18 bits per heavy atom. The van der Waals surface area contributed by atoms with Crippen LogP contribution in [-0.4, -0.2) is 24.8 Å². The highest BCUT2D eigenvalue weighted by Crippen LogP contribution is 2.11. The molecule has 0 unspecified atom stereocenters. The van der Waals surface area contributed by atoms with Crippen molar-refractivity contribution >= 4 is 11.7 Å². The number of nitrogens with one attached hydrogen (secondary N) is 1. The minimum absolute atomic E-state index is 0.279. The molecular weight excluding hydrogens is 216 g/mol. The van der Waals surface area contributed by atoms with E-state index in [1.54, 1.807) is 6.92 Å². The molecule has 0 bridgehead atoms. The molecule has 17 heavy (non-hydrogen) atoms. The fraction of sp³-hybridized carbons (Fsp3) is 0.692. The second-order valence-electron chi connectivity index (χ2n) is 3.63. The zero-order valence-electron chi connectivity index (χ0n) is 11.6. The maximum Gasteiger partial charge on any atom is 0.337 e. The van der Waals surface area contributed by atoms with Crippen molar-refractivity contribution in [3.63, 3.8) is 0 Å². The van der Waals surface area contributed by atoms with E-state index in [4.69, 9.17) is 4.74 Å². The Morgan fingerprint density at radius 2 is 1.82 bits per heavy atom. The smallest absolute Gasteiger partial charge is 0.337 e. The largest absolute Gasteiger partial charge is 0.463 e. The van der Waals surface area contributed by atoms with Gasteiger partial charge < -0.3 is 10.1 Å². The number of hydrogen-bond donors (Lipinski definition) is 1. The molecule has 0 heterocycles. The van der Waals surface area contributed by atoms with Crippen molar-refractivity contribution < 1.29 is 9.53 Å². The third kappa shape index (κ3) is 5.52. The van der Waals surface area contributed by atoms with Gasteiger partial charge in [0.05, 0.1) is 12.2 Å². The van der Waals surface area contributed by atoms with Crippen molar-refractivity contribution in [2.75, 3.05) is 13.2 Å². The second-order valence-corrected chi connectivity index (χ2v) is 3.63. The lowest BCUT2D eigenvalue weighted by Gasteiger charge is -2.11. The Morgan fingerprint density at radius 3 is 2.24 bits per heavy atom. The first-order valence-corrected chi connectivity index (χ1v) is 6.28. The standard InChI is InChI=1S/C13H24N2O2/c1-6-10(5)15-12(14-8-3)11(7-2)13(16)17-9-4/h14H,6-9H2,1-5H3/b12-11+,15-10+. The van der Waals surface area contributed by atoms with Crippen LogP contribution < -0.4 is 5.32 Å². The fourth-order valence-electron chi connectivity index (χ4n) is 1.28. The van der Waals surface area contributed by atoms with Gasteiger partial charge in [-0.3, -0.25) is 0 Å². The molecule has 0 aromatic heterocycles. The molecule has 0 aliphatic rings. The van der Waals surface area contributed by atoms with Crippen molar-refractivity contribution in [3.8, 4) is 0 Å². The molecule has 4 nitrogen and oxygen atoms in total. The van der Waals surface area contributed by atoms with Crippen LogP contribution in [0.3, 0.4) is 0 Å². The second kappa shape index (κ2) is 8.79. The maximum atomic E-state index is 11.8. The number of nitrogens with zero attached hydrogens (tertiary/aromatic N) is 1. The van der Waals surface area contributed by atoms with Crippen LogP contribution in [0.1, 0.15) is 47.5 Å². The molecule has 0 amide bonds. The average Bonchev–Trinajstić information content (AvgIpc) is 2.30. The third-order valence-electron chi connectivity index (χ3n) is 2.32. The van der Waals surface area contributed by atoms with Gasteiger partial charge in [-0.05, 0) is 33.6 Å². The van der Waals surface area contributed by atoms with Crippen LogP contribution in [-0.2, 0) is 9.53 Å². The van der Waals surface area contributed by atoms with Crippen molar-refractivity contribution in [3.05, 3.63) is 11.4 Å². The van der Waals surface area contributed by atoms with Gasteiger partial charge in [-0.25, -0.2) is 9.79 Å². The van der Waals surface area contributed by atoms with E-state index in [2.05, 4.69) is 10.3 Å². The number of esters is 1. The number of aliphatic imine (C=N–C) groups is 1. The predicted octanol–water partition coefficient (Wildman–Crippen LogP) is 2.65. The van der Waals surface area contributed by atoms with E-state index < -0.39 is 0 Å².